The van der Waals surface area contributed by atoms with Gasteiger partial charge in [-0.2, -0.15) is 0 Å². The molecule has 0 radical (unpaired) electrons. The highest BCUT2D eigenvalue weighted by atomic mass is 79.9. The molecule has 2 N–H and O–H groups in total. The summed E-state index contributed by atoms with van der Waals surface area (Å²) in [5, 5.41) is 6.59. The Bertz CT molecular complexity index is 649. The number of amides is 1. The third-order valence-corrected chi connectivity index (χ3v) is 3.99. The van der Waals surface area contributed by atoms with E-state index in [1.165, 1.54) is 7.11 Å². The second kappa shape index (κ2) is 7.33. The Morgan fingerprint density at radius 3 is 2.71 bits per heavy atom. The van der Waals surface area contributed by atoms with Gasteiger partial charge < -0.3 is 10.1 Å². The first-order chi connectivity index (χ1) is 10.1. The summed E-state index contributed by atoms with van der Waals surface area (Å²) in [7, 11) is 1.33. The predicted octanol–water partition coefficient (Wildman–Crippen LogP) is 4.89. The van der Waals surface area contributed by atoms with Crippen molar-refractivity contribution in [2.75, 3.05) is 17.7 Å². The van der Waals surface area contributed by atoms with E-state index in [1.54, 1.807) is 6.07 Å². The average Bonchev–Trinajstić information content (AvgIpc) is 2.49. The van der Waals surface area contributed by atoms with Crippen LogP contribution in [0.3, 0.4) is 0 Å². The molecule has 0 saturated heterocycles. The molecule has 0 fully saturated rings. The monoisotopic (exact) mass is 368 g/mol. The van der Waals surface area contributed by atoms with Crippen LogP contribution >= 0.6 is 27.5 Å². The molecule has 2 aromatic carbocycles. The maximum atomic E-state index is 11.2. The van der Waals surface area contributed by atoms with Crippen molar-refractivity contribution in [3.05, 3.63) is 57.5 Å². The zero-order chi connectivity index (χ0) is 15.2. The van der Waals surface area contributed by atoms with Crippen LogP contribution in [0.2, 0.25) is 5.02 Å². The molecule has 0 aliphatic rings. The van der Waals surface area contributed by atoms with E-state index in [0.29, 0.717) is 17.3 Å². The van der Waals surface area contributed by atoms with Crippen LogP contribution in [0.4, 0.5) is 16.2 Å². The minimum Gasteiger partial charge on any atom is -0.453 e. The second-order valence-electron chi connectivity index (χ2n) is 4.30. The standard InChI is InChI=1S/C15H14BrClN2O2/c1-21-15(20)19-12-4-2-3-11(8-12)18-9-10-5-6-14(17)13(16)7-10/h2-8,18H,9H2,1H3,(H,19,20). The van der Waals surface area contributed by atoms with Crippen LogP contribution in [0.5, 0.6) is 0 Å². The van der Waals surface area contributed by atoms with Crippen molar-refractivity contribution in [1.82, 2.24) is 0 Å². The molecule has 0 heterocycles. The van der Waals surface area contributed by atoms with Gasteiger partial charge in [0.05, 0.1) is 12.1 Å². The van der Waals surface area contributed by atoms with E-state index in [1.807, 2.05) is 36.4 Å². The molecule has 1 amide bonds. The van der Waals surface area contributed by atoms with Gasteiger partial charge in [0.25, 0.3) is 0 Å². The topological polar surface area (TPSA) is 50.4 Å². The Labute approximate surface area is 136 Å². The zero-order valence-corrected chi connectivity index (χ0v) is 13.7. The van der Waals surface area contributed by atoms with Gasteiger partial charge in [0, 0.05) is 22.4 Å². The summed E-state index contributed by atoms with van der Waals surface area (Å²) in [6.45, 7) is 0.650. The number of ether oxygens (including phenoxy) is 1. The van der Waals surface area contributed by atoms with Gasteiger partial charge in [0.1, 0.15) is 0 Å². The Morgan fingerprint density at radius 2 is 2.00 bits per heavy atom. The maximum absolute atomic E-state index is 11.2. The number of rotatable bonds is 4. The van der Waals surface area contributed by atoms with E-state index in [4.69, 9.17) is 11.6 Å². The van der Waals surface area contributed by atoms with Gasteiger partial charge in [0.2, 0.25) is 0 Å². The van der Waals surface area contributed by atoms with Crippen molar-refractivity contribution >= 4 is 45.0 Å². The fraction of sp³-hybridized carbons (Fsp3) is 0.133. The van der Waals surface area contributed by atoms with Gasteiger partial charge in [-0.05, 0) is 51.8 Å². The predicted molar refractivity (Wildman–Crippen MR) is 88.9 cm³/mol. The van der Waals surface area contributed by atoms with Crippen LogP contribution in [0, 0.1) is 0 Å². The molecule has 0 bridgehead atoms. The Morgan fingerprint density at radius 1 is 1.24 bits per heavy atom. The summed E-state index contributed by atoms with van der Waals surface area (Å²) < 4.78 is 5.42. The Kier molecular flexibility index (Phi) is 5.47. The smallest absolute Gasteiger partial charge is 0.411 e. The number of carbonyl (C=O) groups excluding carboxylic acids is 1. The molecule has 2 aromatic rings. The molecule has 0 spiro atoms. The lowest BCUT2D eigenvalue weighted by atomic mass is 10.2. The Balaban J connectivity index is 2.01. The first-order valence-corrected chi connectivity index (χ1v) is 7.38. The summed E-state index contributed by atoms with van der Waals surface area (Å²) in [5.74, 6) is 0. The normalized spacial score (nSPS) is 10.0. The molecule has 0 aliphatic carbocycles. The van der Waals surface area contributed by atoms with Crippen LogP contribution in [0.25, 0.3) is 0 Å². The number of anilines is 2. The van der Waals surface area contributed by atoms with Gasteiger partial charge in [0.15, 0.2) is 0 Å². The van der Waals surface area contributed by atoms with E-state index < -0.39 is 6.09 Å². The number of hydrogen-bond donors (Lipinski definition) is 2. The summed E-state index contributed by atoms with van der Waals surface area (Å²) in [6, 6.07) is 13.2. The van der Waals surface area contributed by atoms with Crippen molar-refractivity contribution in [2.45, 2.75) is 6.54 Å². The first-order valence-electron chi connectivity index (χ1n) is 6.21. The van der Waals surface area contributed by atoms with Crippen LogP contribution < -0.4 is 10.6 Å². The number of carbonyl (C=O) groups is 1. The quantitative estimate of drug-likeness (QED) is 0.806. The highest BCUT2D eigenvalue weighted by molar-refractivity contribution is 9.10. The lowest BCUT2D eigenvalue weighted by Gasteiger charge is -2.10. The van der Waals surface area contributed by atoms with Crippen LogP contribution in [0.1, 0.15) is 5.56 Å². The van der Waals surface area contributed by atoms with E-state index in [2.05, 4.69) is 31.3 Å². The minimum atomic E-state index is -0.492. The van der Waals surface area contributed by atoms with Crippen LogP contribution in [-0.4, -0.2) is 13.2 Å². The van der Waals surface area contributed by atoms with Gasteiger partial charge in [-0.3, -0.25) is 5.32 Å². The largest absolute Gasteiger partial charge is 0.453 e. The summed E-state index contributed by atoms with van der Waals surface area (Å²) >= 11 is 9.36. The van der Waals surface area contributed by atoms with Gasteiger partial charge in [-0.15, -0.1) is 0 Å². The van der Waals surface area contributed by atoms with Gasteiger partial charge in [-0.25, -0.2) is 4.79 Å². The average molecular weight is 370 g/mol. The maximum Gasteiger partial charge on any atom is 0.411 e. The zero-order valence-electron chi connectivity index (χ0n) is 11.3. The van der Waals surface area contributed by atoms with Crippen molar-refractivity contribution in [3.63, 3.8) is 0 Å². The third-order valence-electron chi connectivity index (χ3n) is 2.78. The highest BCUT2D eigenvalue weighted by Crippen LogP contribution is 2.24. The van der Waals surface area contributed by atoms with Gasteiger partial charge in [-0.1, -0.05) is 23.7 Å². The van der Waals surface area contributed by atoms with E-state index in [9.17, 15) is 4.79 Å². The molecule has 0 aliphatic heterocycles. The van der Waals surface area contributed by atoms with E-state index >= 15 is 0 Å². The molecule has 6 heteroatoms. The van der Waals surface area contributed by atoms with Gasteiger partial charge >= 0.3 is 6.09 Å². The number of methoxy groups -OCH3 is 1. The molecule has 0 atom stereocenters. The molecule has 2 rings (SSSR count). The van der Waals surface area contributed by atoms with Crippen molar-refractivity contribution in [2.24, 2.45) is 0 Å². The van der Waals surface area contributed by atoms with Crippen LogP contribution in [0.15, 0.2) is 46.9 Å². The molecule has 0 unspecified atom stereocenters. The molecule has 4 nitrogen and oxygen atoms in total. The lowest BCUT2D eigenvalue weighted by Crippen LogP contribution is -2.11. The number of benzene rings is 2. The summed E-state index contributed by atoms with van der Waals surface area (Å²) in [6.07, 6.45) is -0.492. The second-order valence-corrected chi connectivity index (χ2v) is 5.56. The molecular formula is C15H14BrClN2O2. The highest BCUT2D eigenvalue weighted by Gasteiger charge is 2.02. The summed E-state index contributed by atoms with van der Waals surface area (Å²) in [5.41, 5.74) is 2.66. The lowest BCUT2D eigenvalue weighted by molar-refractivity contribution is 0.187. The first kappa shape index (κ1) is 15.7. The molecule has 110 valence electrons. The molecular weight excluding hydrogens is 356 g/mol. The number of hydrogen-bond acceptors (Lipinski definition) is 3. The number of nitrogens with one attached hydrogen (secondary N) is 2. The van der Waals surface area contributed by atoms with Crippen molar-refractivity contribution < 1.29 is 9.53 Å². The fourth-order valence-corrected chi connectivity index (χ4v) is 2.27. The third kappa shape index (κ3) is 4.65. The minimum absolute atomic E-state index is 0.492. The van der Waals surface area contributed by atoms with E-state index in [-0.39, 0.29) is 0 Å². The van der Waals surface area contributed by atoms with Crippen LogP contribution in [-0.2, 0) is 11.3 Å². The van der Waals surface area contributed by atoms with Crippen molar-refractivity contribution in [1.29, 1.82) is 0 Å². The SMILES string of the molecule is COC(=O)Nc1cccc(NCc2ccc(Cl)c(Br)c2)c1. The Hall–Kier alpha value is -1.72. The summed E-state index contributed by atoms with van der Waals surface area (Å²) in [4.78, 5) is 11.2. The molecule has 21 heavy (non-hydrogen) atoms. The number of halogens is 2. The molecule has 0 saturated carbocycles. The van der Waals surface area contributed by atoms with E-state index in [0.717, 1.165) is 15.7 Å². The fourth-order valence-electron chi connectivity index (χ4n) is 1.73. The molecule has 0 aromatic heterocycles. The van der Waals surface area contributed by atoms with Crippen molar-refractivity contribution in [3.8, 4) is 0 Å².